The number of carbonyl (C=O) groups excluding carboxylic acids is 2. The largest absolute Gasteiger partial charge is 0.352 e. The van der Waals surface area contributed by atoms with Crippen LogP contribution in [0.3, 0.4) is 0 Å². The first-order valence-electron chi connectivity index (χ1n) is 12.1. The number of nitrogens with zero attached hydrogens (tertiary/aromatic N) is 1. The van der Waals surface area contributed by atoms with Crippen LogP contribution in [0.4, 0.5) is 4.39 Å². The molecule has 182 valence electrons. The minimum Gasteiger partial charge on any atom is -0.352 e. The molecule has 1 N–H and O–H groups in total. The summed E-state index contributed by atoms with van der Waals surface area (Å²) in [7, 11) is 0. The van der Waals surface area contributed by atoms with Crippen LogP contribution in [0, 0.1) is 5.82 Å². The van der Waals surface area contributed by atoms with Crippen LogP contribution in [0.15, 0.2) is 78.9 Å². The van der Waals surface area contributed by atoms with Crippen LogP contribution in [0.5, 0.6) is 0 Å². The normalized spacial score (nSPS) is 14.5. The molecule has 35 heavy (non-hydrogen) atoms. The molecule has 0 saturated heterocycles. The lowest BCUT2D eigenvalue weighted by atomic mass is 10.0. The molecular weight excluding hydrogens is 463 g/mol. The quantitative estimate of drug-likeness (QED) is 0.415. The van der Waals surface area contributed by atoms with E-state index in [1.54, 1.807) is 29.2 Å². The number of amides is 2. The average Bonchev–Trinajstić information content (AvgIpc) is 3.37. The van der Waals surface area contributed by atoms with Gasteiger partial charge in [0.15, 0.2) is 0 Å². The minimum absolute atomic E-state index is 0.139. The maximum absolute atomic E-state index is 13.7. The van der Waals surface area contributed by atoms with Gasteiger partial charge in [-0.05, 0) is 53.8 Å². The molecule has 1 saturated carbocycles. The van der Waals surface area contributed by atoms with Crippen molar-refractivity contribution in [2.75, 3.05) is 0 Å². The Balaban J connectivity index is 1.64. The van der Waals surface area contributed by atoms with Gasteiger partial charge >= 0.3 is 0 Å². The van der Waals surface area contributed by atoms with Crippen molar-refractivity contribution in [2.24, 2.45) is 0 Å². The Kier molecular flexibility index (Phi) is 8.54. The molecule has 0 unspecified atom stereocenters. The van der Waals surface area contributed by atoms with Crippen LogP contribution in [0.1, 0.15) is 42.4 Å². The molecular formula is C29H30ClFN2O2. The Hall–Kier alpha value is -3.18. The molecule has 1 aliphatic carbocycles. The van der Waals surface area contributed by atoms with Gasteiger partial charge in [0.05, 0.1) is 6.42 Å². The summed E-state index contributed by atoms with van der Waals surface area (Å²) in [4.78, 5) is 28.9. The second kappa shape index (κ2) is 12.0. The van der Waals surface area contributed by atoms with E-state index in [0.717, 1.165) is 42.4 Å². The Morgan fingerprint density at radius 3 is 2.17 bits per heavy atom. The van der Waals surface area contributed by atoms with Crippen molar-refractivity contribution in [1.29, 1.82) is 0 Å². The number of halogens is 2. The monoisotopic (exact) mass is 492 g/mol. The van der Waals surface area contributed by atoms with Crippen molar-refractivity contribution in [2.45, 2.75) is 57.2 Å². The molecule has 0 spiro atoms. The number of nitrogens with one attached hydrogen (secondary N) is 1. The molecule has 0 heterocycles. The molecule has 0 aromatic heterocycles. The highest BCUT2D eigenvalue weighted by atomic mass is 35.5. The van der Waals surface area contributed by atoms with Crippen LogP contribution in [-0.4, -0.2) is 28.8 Å². The van der Waals surface area contributed by atoms with Gasteiger partial charge in [-0.3, -0.25) is 9.59 Å². The molecule has 0 aliphatic heterocycles. The Labute approximate surface area is 211 Å². The van der Waals surface area contributed by atoms with E-state index in [-0.39, 0.29) is 36.6 Å². The predicted octanol–water partition coefficient (Wildman–Crippen LogP) is 5.72. The summed E-state index contributed by atoms with van der Waals surface area (Å²) in [6, 6.07) is 22.4. The highest BCUT2D eigenvalue weighted by Crippen LogP contribution is 2.21. The van der Waals surface area contributed by atoms with E-state index in [0.29, 0.717) is 11.4 Å². The van der Waals surface area contributed by atoms with E-state index >= 15 is 0 Å². The van der Waals surface area contributed by atoms with E-state index in [1.807, 2.05) is 42.5 Å². The maximum Gasteiger partial charge on any atom is 0.243 e. The third-order valence-corrected chi connectivity index (χ3v) is 6.76. The van der Waals surface area contributed by atoms with Gasteiger partial charge in [0.25, 0.3) is 0 Å². The topological polar surface area (TPSA) is 49.4 Å². The second-order valence-electron chi connectivity index (χ2n) is 9.15. The Bertz CT molecular complexity index is 1110. The van der Waals surface area contributed by atoms with Gasteiger partial charge in [-0.1, -0.05) is 79.0 Å². The summed E-state index contributed by atoms with van der Waals surface area (Å²) in [5.41, 5.74) is 2.56. The molecule has 6 heteroatoms. The number of carbonyl (C=O) groups is 2. The average molecular weight is 493 g/mol. The third-order valence-electron chi connectivity index (χ3n) is 6.51. The first-order chi connectivity index (χ1) is 17.0. The van der Waals surface area contributed by atoms with E-state index in [4.69, 9.17) is 11.6 Å². The zero-order valence-electron chi connectivity index (χ0n) is 19.6. The molecule has 4 nitrogen and oxygen atoms in total. The fourth-order valence-electron chi connectivity index (χ4n) is 4.59. The highest BCUT2D eigenvalue weighted by Gasteiger charge is 2.32. The standard InChI is InChI=1S/C29H30ClFN2O2/c30-24-14-10-22(11-15-24)19-28(34)33(20-23-12-16-25(31)17-13-23)27(18-21-6-2-1-3-7-21)29(35)32-26-8-4-5-9-26/h1-3,6-7,10-17,26-27H,4-5,8-9,18-20H2,(H,32,35)/t27-/m0/s1. The van der Waals surface area contributed by atoms with E-state index in [1.165, 1.54) is 12.1 Å². The SMILES string of the molecule is O=C(NC1CCCC1)[C@H](Cc1ccccc1)N(Cc1ccc(F)cc1)C(=O)Cc1ccc(Cl)cc1. The van der Waals surface area contributed by atoms with Crippen molar-refractivity contribution in [3.63, 3.8) is 0 Å². The molecule has 4 rings (SSSR count). The highest BCUT2D eigenvalue weighted by molar-refractivity contribution is 6.30. The predicted molar refractivity (Wildman–Crippen MR) is 136 cm³/mol. The lowest BCUT2D eigenvalue weighted by molar-refractivity contribution is -0.141. The van der Waals surface area contributed by atoms with Gasteiger partial charge in [0, 0.05) is 24.0 Å². The van der Waals surface area contributed by atoms with Gasteiger partial charge in [0.2, 0.25) is 11.8 Å². The zero-order valence-corrected chi connectivity index (χ0v) is 20.4. The third kappa shape index (κ3) is 7.15. The maximum atomic E-state index is 13.7. The fraction of sp³-hybridized carbons (Fsp3) is 0.310. The number of hydrogen-bond donors (Lipinski definition) is 1. The summed E-state index contributed by atoms with van der Waals surface area (Å²) in [5, 5.41) is 3.79. The summed E-state index contributed by atoms with van der Waals surface area (Å²) in [5.74, 6) is -0.654. The number of benzene rings is 3. The van der Waals surface area contributed by atoms with Crippen molar-refractivity contribution < 1.29 is 14.0 Å². The minimum atomic E-state index is -0.692. The molecule has 1 aliphatic rings. The fourth-order valence-corrected chi connectivity index (χ4v) is 4.71. The van der Waals surface area contributed by atoms with Crippen LogP contribution in [0.2, 0.25) is 5.02 Å². The lowest BCUT2D eigenvalue weighted by Crippen LogP contribution is -2.52. The van der Waals surface area contributed by atoms with E-state index < -0.39 is 6.04 Å². The summed E-state index contributed by atoms with van der Waals surface area (Å²) in [6.07, 6.45) is 4.65. The summed E-state index contributed by atoms with van der Waals surface area (Å²) < 4.78 is 13.5. The van der Waals surface area contributed by atoms with Crippen molar-refractivity contribution >= 4 is 23.4 Å². The first kappa shape index (κ1) is 24.9. The summed E-state index contributed by atoms with van der Waals surface area (Å²) in [6.45, 7) is 0.211. The van der Waals surface area contributed by atoms with Gasteiger partial charge < -0.3 is 10.2 Å². The lowest BCUT2D eigenvalue weighted by Gasteiger charge is -2.32. The smallest absolute Gasteiger partial charge is 0.243 e. The zero-order chi connectivity index (χ0) is 24.6. The second-order valence-corrected chi connectivity index (χ2v) is 9.58. The summed E-state index contributed by atoms with van der Waals surface area (Å²) >= 11 is 6.02. The molecule has 2 amide bonds. The first-order valence-corrected chi connectivity index (χ1v) is 12.5. The van der Waals surface area contributed by atoms with Crippen molar-refractivity contribution in [1.82, 2.24) is 10.2 Å². The van der Waals surface area contributed by atoms with Crippen molar-refractivity contribution in [3.8, 4) is 0 Å². The van der Waals surface area contributed by atoms with Crippen molar-refractivity contribution in [3.05, 3.63) is 106 Å². The van der Waals surface area contributed by atoms with Crippen LogP contribution in [0.25, 0.3) is 0 Å². The molecule has 0 radical (unpaired) electrons. The van der Waals surface area contributed by atoms with Gasteiger partial charge in [-0.25, -0.2) is 4.39 Å². The number of hydrogen-bond acceptors (Lipinski definition) is 2. The van der Waals surface area contributed by atoms with Gasteiger partial charge in [0.1, 0.15) is 11.9 Å². The van der Waals surface area contributed by atoms with Crippen LogP contribution < -0.4 is 5.32 Å². The van der Waals surface area contributed by atoms with Gasteiger partial charge in [-0.15, -0.1) is 0 Å². The molecule has 3 aromatic carbocycles. The number of rotatable bonds is 9. The van der Waals surface area contributed by atoms with Crippen LogP contribution in [-0.2, 0) is 29.0 Å². The Morgan fingerprint density at radius 2 is 1.51 bits per heavy atom. The van der Waals surface area contributed by atoms with E-state index in [9.17, 15) is 14.0 Å². The van der Waals surface area contributed by atoms with Gasteiger partial charge in [-0.2, -0.15) is 0 Å². The van der Waals surface area contributed by atoms with Crippen LogP contribution >= 0.6 is 11.6 Å². The van der Waals surface area contributed by atoms with E-state index in [2.05, 4.69) is 5.32 Å². The molecule has 1 fully saturated rings. The molecule has 3 aromatic rings. The Morgan fingerprint density at radius 1 is 0.886 bits per heavy atom. The molecule has 0 bridgehead atoms. The molecule has 1 atom stereocenters.